The summed E-state index contributed by atoms with van der Waals surface area (Å²) in [6, 6.07) is 9.14. The first-order valence-electron chi connectivity index (χ1n) is 9.97. The molecule has 3 amide bonds. The van der Waals surface area contributed by atoms with Gasteiger partial charge in [-0.05, 0) is 49.8 Å². The van der Waals surface area contributed by atoms with Crippen molar-refractivity contribution in [2.45, 2.75) is 58.4 Å². The Morgan fingerprint density at radius 1 is 1.03 bits per heavy atom. The third-order valence-electron chi connectivity index (χ3n) is 5.03. The average molecular weight is 414 g/mol. The number of hydrazine groups is 1. The number of amides is 3. The molecular weight excluding hydrogens is 386 g/mol. The van der Waals surface area contributed by atoms with E-state index < -0.39 is 6.04 Å². The van der Waals surface area contributed by atoms with E-state index in [2.05, 4.69) is 16.2 Å². The number of benzene rings is 1. The lowest BCUT2D eigenvalue weighted by molar-refractivity contribution is -0.123. The maximum atomic E-state index is 12.4. The lowest BCUT2D eigenvalue weighted by Gasteiger charge is -2.18. The predicted octanol–water partition coefficient (Wildman–Crippen LogP) is 3.35. The van der Waals surface area contributed by atoms with E-state index in [0.717, 1.165) is 36.8 Å². The van der Waals surface area contributed by atoms with Gasteiger partial charge in [0.05, 0.1) is 17.3 Å². The minimum Gasteiger partial charge on any atom is -0.349 e. The zero-order valence-electron chi connectivity index (χ0n) is 16.8. The Labute approximate surface area is 175 Å². The molecule has 1 aliphatic carbocycles. The number of fused-ring (bicyclic) bond motifs is 1. The maximum Gasteiger partial charge on any atom is 0.279 e. The van der Waals surface area contributed by atoms with Crippen LogP contribution in [0.15, 0.2) is 30.3 Å². The first kappa shape index (κ1) is 21.0. The molecule has 7 heteroatoms. The van der Waals surface area contributed by atoms with Crippen LogP contribution in [0.4, 0.5) is 0 Å². The molecule has 3 N–H and O–H groups in total. The molecule has 1 unspecified atom stereocenters. The second-order valence-corrected chi connectivity index (χ2v) is 8.63. The van der Waals surface area contributed by atoms with Crippen molar-refractivity contribution >= 4 is 29.1 Å². The standard InChI is InChI=1S/C22H27N3O3S/c1-14-8-10-16(11-9-14)18(23-15(2)26)13-21(27)24-25-22(28)20-12-17-6-4-3-5-7-19(17)29-20/h8-12,18H,3-7,13H2,1-2H3,(H,23,26)(H,24,27)(H,25,28). The van der Waals surface area contributed by atoms with Crippen molar-refractivity contribution in [2.24, 2.45) is 0 Å². The summed E-state index contributed by atoms with van der Waals surface area (Å²) in [4.78, 5) is 38.3. The van der Waals surface area contributed by atoms with Gasteiger partial charge in [-0.25, -0.2) is 0 Å². The molecule has 0 aliphatic heterocycles. The van der Waals surface area contributed by atoms with Crippen LogP contribution in [-0.2, 0) is 22.4 Å². The van der Waals surface area contributed by atoms with Gasteiger partial charge in [0.25, 0.3) is 5.91 Å². The molecule has 1 aromatic heterocycles. The normalized spacial score (nSPS) is 14.3. The summed E-state index contributed by atoms with van der Waals surface area (Å²) >= 11 is 1.51. The Bertz CT molecular complexity index is 866. The highest BCUT2D eigenvalue weighted by Crippen LogP contribution is 2.28. The van der Waals surface area contributed by atoms with E-state index in [9.17, 15) is 14.4 Å². The highest BCUT2D eigenvalue weighted by molar-refractivity contribution is 7.14. The van der Waals surface area contributed by atoms with E-state index >= 15 is 0 Å². The highest BCUT2D eigenvalue weighted by Gasteiger charge is 2.19. The van der Waals surface area contributed by atoms with Crippen molar-refractivity contribution in [3.63, 3.8) is 0 Å². The Kier molecular flexibility index (Phi) is 7.04. The van der Waals surface area contributed by atoms with Gasteiger partial charge in [-0.3, -0.25) is 25.2 Å². The smallest absolute Gasteiger partial charge is 0.279 e. The Balaban J connectivity index is 1.58. The number of hydrogen-bond donors (Lipinski definition) is 3. The topological polar surface area (TPSA) is 87.3 Å². The Hall–Kier alpha value is -2.67. The summed E-state index contributed by atoms with van der Waals surface area (Å²) in [5, 5.41) is 2.79. The number of hydrogen-bond acceptors (Lipinski definition) is 4. The van der Waals surface area contributed by atoms with Gasteiger partial charge in [0.1, 0.15) is 0 Å². The second kappa shape index (κ2) is 9.69. The van der Waals surface area contributed by atoms with E-state index in [1.165, 1.54) is 35.1 Å². The van der Waals surface area contributed by atoms with E-state index in [1.54, 1.807) is 0 Å². The molecule has 3 rings (SSSR count). The quantitative estimate of drug-likeness (QED) is 0.519. The summed E-state index contributed by atoms with van der Waals surface area (Å²) in [6.45, 7) is 3.39. The van der Waals surface area contributed by atoms with Crippen molar-refractivity contribution in [1.82, 2.24) is 16.2 Å². The van der Waals surface area contributed by atoms with Crippen molar-refractivity contribution in [3.05, 3.63) is 56.8 Å². The number of carbonyl (C=O) groups is 3. The van der Waals surface area contributed by atoms with Crippen LogP contribution in [0, 0.1) is 6.92 Å². The third kappa shape index (κ3) is 5.90. The molecular formula is C22H27N3O3S. The van der Waals surface area contributed by atoms with Crippen LogP contribution >= 0.6 is 11.3 Å². The van der Waals surface area contributed by atoms with Crippen LogP contribution in [0.3, 0.4) is 0 Å². The van der Waals surface area contributed by atoms with Gasteiger partial charge in [-0.1, -0.05) is 36.2 Å². The lowest BCUT2D eigenvalue weighted by atomic mass is 10.0. The van der Waals surface area contributed by atoms with Gasteiger partial charge in [-0.15, -0.1) is 11.3 Å². The molecule has 29 heavy (non-hydrogen) atoms. The maximum absolute atomic E-state index is 12.4. The molecule has 6 nitrogen and oxygen atoms in total. The highest BCUT2D eigenvalue weighted by atomic mass is 32.1. The number of carbonyl (C=O) groups excluding carboxylic acids is 3. The molecule has 0 spiro atoms. The monoisotopic (exact) mass is 413 g/mol. The minimum absolute atomic E-state index is 0.0316. The summed E-state index contributed by atoms with van der Waals surface area (Å²) in [7, 11) is 0. The lowest BCUT2D eigenvalue weighted by Crippen LogP contribution is -2.43. The summed E-state index contributed by atoms with van der Waals surface area (Å²) in [6.07, 6.45) is 5.62. The Morgan fingerprint density at radius 2 is 1.76 bits per heavy atom. The molecule has 0 radical (unpaired) electrons. The van der Waals surface area contributed by atoms with E-state index in [0.29, 0.717) is 4.88 Å². The molecule has 1 heterocycles. The fourth-order valence-corrected chi connectivity index (χ4v) is 4.65. The molecule has 0 fully saturated rings. The van der Waals surface area contributed by atoms with Crippen LogP contribution in [0.1, 0.15) is 69.9 Å². The van der Waals surface area contributed by atoms with E-state index in [4.69, 9.17) is 0 Å². The van der Waals surface area contributed by atoms with Gasteiger partial charge < -0.3 is 5.32 Å². The molecule has 1 atom stereocenters. The molecule has 0 saturated heterocycles. The molecule has 1 aromatic carbocycles. The van der Waals surface area contributed by atoms with Crippen LogP contribution in [-0.4, -0.2) is 17.7 Å². The molecule has 154 valence electrons. The van der Waals surface area contributed by atoms with Crippen LogP contribution < -0.4 is 16.2 Å². The number of rotatable bonds is 5. The largest absolute Gasteiger partial charge is 0.349 e. The van der Waals surface area contributed by atoms with Crippen LogP contribution in [0.5, 0.6) is 0 Å². The first-order chi connectivity index (χ1) is 13.9. The van der Waals surface area contributed by atoms with Crippen molar-refractivity contribution in [1.29, 1.82) is 0 Å². The average Bonchev–Trinajstić information content (AvgIpc) is 2.96. The summed E-state index contributed by atoms with van der Waals surface area (Å²) in [5.41, 5.74) is 8.18. The zero-order chi connectivity index (χ0) is 20.8. The number of nitrogens with one attached hydrogen (secondary N) is 3. The van der Waals surface area contributed by atoms with Crippen molar-refractivity contribution in [3.8, 4) is 0 Å². The summed E-state index contributed by atoms with van der Waals surface area (Å²) < 4.78 is 0. The van der Waals surface area contributed by atoms with Gasteiger partial charge in [-0.2, -0.15) is 0 Å². The van der Waals surface area contributed by atoms with Gasteiger partial charge in [0, 0.05) is 11.8 Å². The molecule has 2 aromatic rings. The van der Waals surface area contributed by atoms with Crippen LogP contribution in [0.25, 0.3) is 0 Å². The fourth-order valence-electron chi connectivity index (χ4n) is 3.50. The second-order valence-electron chi connectivity index (χ2n) is 7.49. The molecule has 1 aliphatic rings. The van der Waals surface area contributed by atoms with Gasteiger partial charge in [0.15, 0.2) is 0 Å². The SMILES string of the molecule is CC(=O)NC(CC(=O)NNC(=O)c1cc2c(s1)CCCCC2)c1ccc(C)cc1. The van der Waals surface area contributed by atoms with E-state index in [-0.39, 0.29) is 24.1 Å². The van der Waals surface area contributed by atoms with Gasteiger partial charge >= 0.3 is 0 Å². The minimum atomic E-state index is -0.456. The third-order valence-corrected chi connectivity index (χ3v) is 6.27. The predicted molar refractivity (Wildman–Crippen MR) is 114 cm³/mol. The number of aryl methyl sites for hydroxylation is 3. The van der Waals surface area contributed by atoms with Gasteiger partial charge in [0.2, 0.25) is 11.8 Å². The molecule has 0 bridgehead atoms. The molecule has 0 saturated carbocycles. The summed E-state index contributed by atoms with van der Waals surface area (Å²) in [5.74, 6) is -0.883. The van der Waals surface area contributed by atoms with Crippen molar-refractivity contribution < 1.29 is 14.4 Å². The first-order valence-corrected chi connectivity index (χ1v) is 10.8. The van der Waals surface area contributed by atoms with Crippen LogP contribution in [0.2, 0.25) is 0 Å². The van der Waals surface area contributed by atoms with E-state index in [1.807, 2.05) is 37.3 Å². The fraction of sp³-hybridized carbons (Fsp3) is 0.409. The number of thiophene rings is 1. The van der Waals surface area contributed by atoms with Crippen molar-refractivity contribution in [2.75, 3.05) is 0 Å². The Morgan fingerprint density at radius 3 is 2.48 bits per heavy atom. The zero-order valence-corrected chi connectivity index (χ0v) is 17.7.